The summed E-state index contributed by atoms with van der Waals surface area (Å²) in [6.07, 6.45) is 68.8. The predicted octanol–water partition coefficient (Wildman–Crippen LogP) is 13.8. The average molecular weight is 744 g/mol. The van der Waals surface area contributed by atoms with Gasteiger partial charge in [0.1, 0.15) is 0 Å². The number of hydrogen-bond acceptors (Lipinski definition) is 3. The summed E-state index contributed by atoms with van der Waals surface area (Å²) in [5.74, 6) is -0.0937. The molecule has 0 aromatic heterocycles. The van der Waals surface area contributed by atoms with Gasteiger partial charge >= 0.3 is 0 Å². The number of amides is 1. The van der Waals surface area contributed by atoms with Crippen molar-refractivity contribution >= 4 is 5.91 Å². The first kappa shape index (κ1) is 50.8. The number of allylic oxidation sites excluding steroid dienone is 19. The Labute approximate surface area is 333 Å². The van der Waals surface area contributed by atoms with Gasteiger partial charge in [0, 0.05) is 6.42 Å². The maximum atomic E-state index is 12.4. The molecule has 0 aromatic rings. The van der Waals surface area contributed by atoms with Crippen LogP contribution in [0.5, 0.6) is 0 Å². The first-order chi connectivity index (χ1) is 26.7. The van der Waals surface area contributed by atoms with E-state index in [-0.39, 0.29) is 12.5 Å². The molecule has 0 aliphatic rings. The van der Waals surface area contributed by atoms with E-state index in [1.165, 1.54) is 51.4 Å². The van der Waals surface area contributed by atoms with Gasteiger partial charge < -0.3 is 15.5 Å². The highest BCUT2D eigenvalue weighted by atomic mass is 16.3. The maximum absolute atomic E-state index is 12.4. The van der Waals surface area contributed by atoms with Crippen LogP contribution in [0.4, 0.5) is 0 Å². The van der Waals surface area contributed by atoms with E-state index in [1.54, 1.807) is 6.08 Å². The highest BCUT2D eigenvalue weighted by Crippen LogP contribution is 2.12. The first-order valence-electron chi connectivity index (χ1n) is 21.7. The van der Waals surface area contributed by atoms with Gasteiger partial charge in [-0.15, -0.1) is 0 Å². The van der Waals surface area contributed by atoms with Crippen LogP contribution in [0.15, 0.2) is 122 Å². The van der Waals surface area contributed by atoms with Gasteiger partial charge in [-0.2, -0.15) is 0 Å². The second-order valence-corrected chi connectivity index (χ2v) is 14.0. The fraction of sp³-hybridized carbons (Fsp3) is 0.580. The molecule has 0 rings (SSSR count). The van der Waals surface area contributed by atoms with Crippen LogP contribution in [0.1, 0.15) is 168 Å². The van der Waals surface area contributed by atoms with Crippen molar-refractivity contribution in [1.29, 1.82) is 0 Å². The van der Waals surface area contributed by atoms with E-state index >= 15 is 0 Å². The normalized spacial score (nSPS) is 14.2. The number of rotatable bonds is 37. The molecule has 0 aliphatic carbocycles. The maximum Gasteiger partial charge on any atom is 0.220 e. The Morgan fingerprint density at radius 2 is 0.833 bits per heavy atom. The number of hydrogen-bond donors (Lipinski definition) is 3. The van der Waals surface area contributed by atoms with Crippen molar-refractivity contribution in [3.63, 3.8) is 0 Å². The van der Waals surface area contributed by atoms with Crippen molar-refractivity contribution < 1.29 is 15.0 Å². The second-order valence-electron chi connectivity index (χ2n) is 14.0. The van der Waals surface area contributed by atoms with E-state index in [0.29, 0.717) is 6.42 Å². The van der Waals surface area contributed by atoms with Crippen LogP contribution in [0.25, 0.3) is 0 Å². The van der Waals surface area contributed by atoms with E-state index < -0.39 is 12.1 Å². The van der Waals surface area contributed by atoms with Crippen LogP contribution in [-0.2, 0) is 4.79 Å². The highest BCUT2D eigenvalue weighted by molar-refractivity contribution is 5.76. The SMILES string of the molecule is CC/C=C\C/C=C\C/C=C\C/C=C\C/C=C\C/C=C\C/C=C\CCCCCCCCCCCC(=O)NC(CO)C(O)/C=C/CC/C=C/CC/C=C/CCC. The van der Waals surface area contributed by atoms with E-state index in [1.807, 2.05) is 6.08 Å². The molecule has 4 heteroatoms. The topological polar surface area (TPSA) is 69.6 Å². The van der Waals surface area contributed by atoms with Crippen molar-refractivity contribution in [2.24, 2.45) is 0 Å². The molecule has 2 atom stereocenters. The minimum absolute atomic E-state index is 0.0937. The second kappa shape index (κ2) is 44.2. The summed E-state index contributed by atoms with van der Waals surface area (Å²) in [6, 6.07) is -0.655. The van der Waals surface area contributed by atoms with Crippen LogP contribution in [0.2, 0.25) is 0 Å². The molecule has 0 spiro atoms. The van der Waals surface area contributed by atoms with Crippen molar-refractivity contribution in [3.05, 3.63) is 122 Å². The molecule has 3 N–H and O–H groups in total. The van der Waals surface area contributed by atoms with Crippen LogP contribution < -0.4 is 5.32 Å². The molecule has 0 aliphatic heterocycles. The van der Waals surface area contributed by atoms with Crippen LogP contribution >= 0.6 is 0 Å². The van der Waals surface area contributed by atoms with Gasteiger partial charge in [0.15, 0.2) is 0 Å². The number of unbranched alkanes of at least 4 members (excludes halogenated alkanes) is 12. The first-order valence-corrected chi connectivity index (χ1v) is 21.7. The van der Waals surface area contributed by atoms with Gasteiger partial charge in [-0.05, 0) is 96.3 Å². The van der Waals surface area contributed by atoms with Gasteiger partial charge in [-0.1, -0.05) is 187 Å². The lowest BCUT2D eigenvalue weighted by Gasteiger charge is -2.19. The lowest BCUT2D eigenvalue weighted by molar-refractivity contribution is -0.123. The number of aliphatic hydroxyl groups is 2. The minimum atomic E-state index is -0.879. The van der Waals surface area contributed by atoms with Crippen molar-refractivity contribution in [2.45, 2.75) is 180 Å². The van der Waals surface area contributed by atoms with E-state index in [0.717, 1.165) is 96.3 Å². The van der Waals surface area contributed by atoms with Crippen LogP contribution in [0.3, 0.4) is 0 Å². The molecule has 2 unspecified atom stereocenters. The zero-order valence-electron chi connectivity index (χ0n) is 34.7. The molecule has 0 bridgehead atoms. The zero-order valence-corrected chi connectivity index (χ0v) is 34.7. The molecule has 0 heterocycles. The largest absolute Gasteiger partial charge is 0.394 e. The Kier molecular flexibility index (Phi) is 41.6. The highest BCUT2D eigenvalue weighted by Gasteiger charge is 2.17. The zero-order chi connectivity index (χ0) is 39.3. The smallest absolute Gasteiger partial charge is 0.220 e. The van der Waals surface area contributed by atoms with Gasteiger partial charge in [0.2, 0.25) is 5.91 Å². The molecule has 0 saturated carbocycles. The fourth-order valence-corrected chi connectivity index (χ4v) is 5.61. The van der Waals surface area contributed by atoms with Crippen molar-refractivity contribution in [2.75, 3.05) is 6.61 Å². The van der Waals surface area contributed by atoms with Gasteiger partial charge in [0.25, 0.3) is 0 Å². The molecule has 4 nitrogen and oxygen atoms in total. The van der Waals surface area contributed by atoms with Gasteiger partial charge in [0.05, 0.1) is 18.8 Å². The summed E-state index contributed by atoms with van der Waals surface area (Å²) < 4.78 is 0. The number of carbonyl (C=O) groups is 1. The molecular formula is C50H81NO3. The summed E-state index contributed by atoms with van der Waals surface area (Å²) in [4.78, 5) is 12.4. The third-order valence-electron chi connectivity index (χ3n) is 8.89. The predicted molar refractivity (Wildman–Crippen MR) is 239 cm³/mol. The Balaban J connectivity index is 3.66. The van der Waals surface area contributed by atoms with Gasteiger partial charge in [-0.25, -0.2) is 0 Å². The summed E-state index contributed by atoms with van der Waals surface area (Å²) in [5, 5.41) is 22.9. The standard InChI is InChI=1S/C50H81NO3/c1-3-5-7-9-11-13-15-16-17-18-19-20-21-22-23-24-25-26-27-28-29-30-31-32-33-34-36-38-40-42-44-46-50(54)51-48(47-52)49(53)45-43-41-39-37-35-14-12-10-8-6-4-2/h5,7-8,10-11,13,16-17,19-20,22-23,25-26,28-29,35,37,43,45,48-49,52-53H,3-4,6,9,12,14-15,18,21,24,27,30-34,36,38-42,44,46-47H2,1-2H3,(H,51,54)/b7-5-,10-8+,13-11-,17-16-,20-19-,23-22-,26-25-,29-28-,37-35+,45-43+. The summed E-state index contributed by atoms with van der Waals surface area (Å²) in [6.45, 7) is 4.08. The summed E-state index contributed by atoms with van der Waals surface area (Å²) in [7, 11) is 0. The fourth-order valence-electron chi connectivity index (χ4n) is 5.61. The Bertz CT molecular complexity index is 1120. The molecule has 304 valence electrons. The van der Waals surface area contributed by atoms with Gasteiger partial charge in [-0.3, -0.25) is 4.79 Å². The Morgan fingerprint density at radius 1 is 0.463 bits per heavy atom. The molecule has 54 heavy (non-hydrogen) atoms. The van der Waals surface area contributed by atoms with E-state index in [9.17, 15) is 15.0 Å². The minimum Gasteiger partial charge on any atom is -0.394 e. The van der Waals surface area contributed by atoms with Crippen LogP contribution in [0, 0.1) is 0 Å². The molecule has 1 amide bonds. The summed E-state index contributed by atoms with van der Waals surface area (Å²) >= 11 is 0. The number of nitrogens with one attached hydrogen (secondary N) is 1. The monoisotopic (exact) mass is 744 g/mol. The quantitative estimate of drug-likeness (QED) is 0.0438. The Hall–Kier alpha value is -3.21. The number of carbonyl (C=O) groups excluding carboxylic acids is 1. The molecule has 0 aromatic carbocycles. The molecule has 0 fully saturated rings. The lowest BCUT2D eigenvalue weighted by atomic mass is 10.1. The third-order valence-corrected chi connectivity index (χ3v) is 8.89. The van der Waals surface area contributed by atoms with Crippen molar-refractivity contribution in [3.8, 4) is 0 Å². The number of aliphatic hydroxyl groups excluding tert-OH is 2. The van der Waals surface area contributed by atoms with E-state index in [4.69, 9.17) is 0 Å². The van der Waals surface area contributed by atoms with Crippen molar-refractivity contribution in [1.82, 2.24) is 5.32 Å². The lowest BCUT2D eigenvalue weighted by Crippen LogP contribution is -2.45. The molecule has 0 saturated heterocycles. The molecular weight excluding hydrogens is 663 g/mol. The third kappa shape index (κ3) is 40.0. The molecule has 0 radical (unpaired) electrons. The average Bonchev–Trinajstić information content (AvgIpc) is 3.18. The Morgan fingerprint density at radius 3 is 1.28 bits per heavy atom. The van der Waals surface area contributed by atoms with E-state index in [2.05, 4.69) is 129 Å². The summed E-state index contributed by atoms with van der Waals surface area (Å²) in [5.41, 5.74) is 0. The van der Waals surface area contributed by atoms with Crippen LogP contribution in [-0.4, -0.2) is 34.9 Å².